The summed E-state index contributed by atoms with van der Waals surface area (Å²) in [5, 5.41) is 9.92. The molecule has 2 fully saturated rings. The molecule has 4 amide bonds. The van der Waals surface area contributed by atoms with Gasteiger partial charge in [0.05, 0.1) is 13.2 Å². The number of nitrogens with one attached hydrogen (secondary N) is 3. The van der Waals surface area contributed by atoms with Gasteiger partial charge in [0.25, 0.3) is 0 Å². The Labute approximate surface area is 266 Å². The van der Waals surface area contributed by atoms with Gasteiger partial charge >= 0.3 is 23.6 Å². The maximum Gasteiger partial charge on any atom is 0.313 e. The van der Waals surface area contributed by atoms with Gasteiger partial charge in [-0.3, -0.25) is 19.2 Å². The quantitative estimate of drug-likeness (QED) is 0.387. The van der Waals surface area contributed by atoms with Crippen molar-refractivity contribution in [2.24, 2.45) is 0 Å². The Kier molecular flexibility index (Phi) is 15.6. The molecule has 0 unspecified atom stereocenters. The maximum absolute atomic E-state index is 12.0. The molecule has 0 aliphatic carbocycles. The van der Waals surface area contributed by atoms with E-state index in [9.17, 15) is 19.2 Å². The fraction of sp³-hybridized carbons (Fsp3) is 0.429. The zero-order valence-electron chi connectivity index (χ0n) is 21.9. The molecule has 0 atom stereocenters. The van der Waals surface area contributed by atoms with Crippen molar-refractivity contribution in [1.82, 2.24) is 15.1 Å². The summed E-state index contributed by atoms with van der Waals surface area (Å²) in [6.07, 6.45) is 0. The van der Waals surface area contributed by atoms with E-state index in [1.165, 1.54) is 9.80 Å². The summed E-state index contributed by atoms with van der Waals surface area (Å²) in [6.45, 7) is 7.73. The summed E-state index contributed by atoms with van der Waals surface area (Å²) in [7, 11) is 0. The molecule has 42 heavy (non-hydrogen) atoms. The van der Waals surface area contributed by atoms with Gasteiger partial charge in [-0.05, 0) is 49.2 Å². The highest BCUT2D eigenvalue weighted by molar-refractivity contribution is 6.41. The highest BCUT2D eigenvalue weighted by Gasteiger charge is 2.25. The summed E-state index contributed by atoms with van der Waals surface area (Å²) >= 11 is 23.9. The van der Waals surface area contributed by atoms with Crippen molar-refractivity contribution >= 4 is 81.4 Å². The first kappa shape index (κ1) is 37.4. The lowest BCUT2D eigenvalue weighted by atomic mass is 10.2. The number of hydrogen-bond acceptors (Lipinski definition) is 6. The van der Waals surface area contributed by atoms with Crippen LogP contribution in [-0.4, -0.2) is 85.9 Å². The molecule has 4 rings (SSSR count). The van der Waals surface area contributed by atoms with E-state index >= 15 is 0 Å². The smallest absolute Gasteiger partial charge is 0.313 e. The molecule has 2 heterocycles. The van der Waals surface area contributed by atoms with Crippen LogP contribution in [0.25, 0.3) is 0 Å². The summed E-state index contributed by atoms with van der Waals surface area (Å²) in [6, 6.07) is 6.28. The van der Waals surface area contributed by atoms with Crippen LogP contribution in [0.3, 0.4) is 0 Å². The number of nitrogens with zero attached hydrogens (tertiary/aromatic N) is 2. The molecule has 0 spiro atoms. The predicted octanol–water partition coefficient (Wildman–Crippen LogP) is 5.04. The molecule has 2 aliphatic heterocycles. The van der Waals surface area contributed by atoms with Crippen LogP contribution in [0.4, 0.5) is 11.4 Å². The Hall–Kier alpha value is -2.60. The average Bonchev–Trinajstić information content (AvgIpc) is 2.95. The van der Waals surface area contributed by atoms with Gasteiger partial charge in [-0.2, -0.15) is 0 Å². The van der Waals surface area contributed by atoms with Crippen LogP contribution in [0.1, 0.15) is 26.0 Å². The largest absolute Gasteiger partial charge is 0.378 e. The van der Waals surface area contributed by atoms with Gasteiger partial charge < -0.3 is 30.5 Å². The lowest BCUT2D eigenvalue weighted by Gasteiger charge is -2.26. The second-order valence-corrected chi connectivity index (χ2v) is 10.6. The zero-order chi connectivity index (χ0) is 29.4. The number of amides is 4. The van der Waals surface area contributed by atoms with Crippen LogP contribution in [0.15, 0.2) is 24.3 Å². The molecular formula is C28H37Cl4N5O5. The van der Waals surface area contributed by atoms with Crippen LogP contribution in [-0.2, 0) is 23.9 Å². The minimum absolute atomic E-state index is 0. The molecule has 10 nitrogen and oxygen atoms in total. The Morgan fingerprint density at radius 1 is 0.667 bits per heavy atom. The third-order valence-electron chi connectivity index (χ3n) is 6.17. The fourth-order valence-corrected chi connectivity index (χ4v) is 4.70. The van der Waals surface area contributed by atoms with E-state index in [0.29, 0.717) is 83.9 Å². The monoisotopic (exact) mass is 663 g/mol. The molecule has 232 valence electrons. The van der Waals surface area contributed by atoms with E-state index in [1.54, 1.807) is 38.1 Å². The van der Waals surface area contributed by atoms with Crippen molar-refractivity contribution in [2.45, 2.75) is 28.7 Å². The van der Waals surface area contributed by atoms with Crippen molar-refractivity contribution in [2.75, 3.05) is 63.1 Å². The summed E-state index contributed by atoms with van der Waals surface area (Å²) < 4.78 is 5.13. The SMILES string of the molecule is C.C.Cc1c(Cl)cc(NC(=O)C(=O)N2CCNCC2)cc1Cl.Cc1c(Cl)cc(NC(=O)C(=O)N2CCOCC2)cc1Cl. The highest BCUT2D eigenvalue weighted by Crippen LogP contribution is 2.29. The molecule has 2 aromatic carbocycles. The lowest BCUT2D eigenvalue weighted by Crippen LogP contribution is -2.49. The zero-order valence-corrected chi connectivity index (χ0v) is 24.9. The molecular weight excluding hydrogens is 628 g/mol. The van der Waals surface area contributed by atoms with Crippen LogP contribution in [0, 0.1) is 13.8 Å². The van der Waals surface area contributed by atoms with E-state index < -0.39 is 23.6 Å². The number of morpholine rings is 1. The van der Waals surface area contributed by atoms with Crippen molar-refractivity contribution in [3.63, 3.8) is 0 Å². The molecule has 2 saturated heterocycles. The number of carbonyl (C=O) groups is 4. The van der Waals surface area contributed by atoms with Gasteiger partial charge in [0.2, 0.25) is 0 Å². The lowest BCUT2D eigenvalue weighted by molar-refractivity contribution is -0.145. The number of ether oxygens (including phenoxy) is 1. The Morgan fingerprint density at radius 3 is 1.36 bits per heavy atom. The van der Waals surface area contributed by atoms with Crippen LogP contribution in [0.2, 0.25) is 20.1 Å². The van der Waals surface area contributed by atoms with Gasteiger partial charge in [-0.25, -0.2) is 0 Å². The highest BCUT2D eigenvalue weighted by atomic mass is 35.5. The van der Waals surface area contributed by atoms with Crippen molar-refractivity contribution in [1.29, 1.82) is 0 Å². The first-order valence-electron chi connectivity index (χ1n) is 12.4. The number of piperazine rings is 1. The number of carbonyl (C=O) groups excluding carboxylic acids is 4. The molecule has 0 radical (unpaired) electrons. The predicted molar refractivity (Wildman–Crippen MR) is 170 cm³/mol. The van der Waals surface area contributed by atoms with Crippen molar-refractivity contribution in [3.8, 4) is 0 Å². The second-order valence-electron chi connectivity index (χ2n) is 8.98. The van der Waals surface area contributed by atoms with E-state index in [1.807, 2.05) is 0 Å². The molecule has 3 N–H and O–H groups in total. The number of hydrogen-bond donors (Lipinski definition) is 3. The van der Waals surface area contributed by atoms with Gasteiger partial charge in [-0.1, -0.05) is 61.3 Å². The standard InChI is InChI=1S/C13H15Cl2N3O2.C13H14Cl2N2O3.2CH4/c1-8-10(14)6-9(7-11(8)15)17-12(19)13(20)18-4-2-16-3-5-18;1-8-10(14)6-9(7-11(8)15)16-12(18)13(19)17-2-4-20-5-3-17;;/h6-7,16H,2-5H2,1H3,(H,17,19);6-7H,2-5H2,1H3,(H,16,18);2*1H4. The van der Waals surface area contributed by atoms with Crippen LogP contribution >= 0.6 is 46.4 Å². The Morgan fingerprint density at radius 2 is 1.00 bits per heavy atom. The first-order valence-corrected chi connectivity index (χ1v) is 13.9. The molecule has 0 bridgehead atoms. The molecule has 0 aromatic heterocycles. The number of anilines is 2. The summed E-state index contributed by atoms with van der Waals surface area (Å²) in [5.41, 5.74) is 2.28. The van der Waals surface area contributed by atoms with Gasteiger partial charge in [0, 0.05) is 70.7 Å². The molecule has 2 aromatic rings. The third kappa shape index (κ3) is 10.3. The topological polar surface area (TPSA) is 120 Å². The molecule has 14 heteroatoms. The van der Waals surface area contributed by atoms with Crippen molar-refractivity contribution < 1.29 is 23.9 Å². The maximum atomic E-state index is 12.0. The molecule has 0 saturated carbocycles. The minimum Gasteiger partial charge on any atom is -0.378 e. The number of rotatable bonds is 2. The van der Waals surface area contributed by atoms with Gasteiger partial charge in [-0.15, -0.1) is 0 Å². The first-order chi connectivity index (χ1) is 19.0. The van der Waals surface area contributed by atoms with E-state index in [0.717, 1.165) is 11.1 Å². The minimum atomic E-state index is -0.706. The van der Waals surface area contributed by atoms with Crippen LogP contribution < -0.4 is 16.0 Å². The fourth-order valence-electron chi connectivity index (χ4n) is 3.73. The normalized spacial score (nSPS) is 14.3. The third-order valence-corrected chi connectivity index (χ3v) is 7.74. The average molecular weight is 665 g/mol. The van der Waals surface area contributed by atoms with E-state index in [2.05, 4.69) is 16.0 Å². The van der Waals surface area contributed by atoms with Gasteiger partial charge in [0.15, 0.2) is 0 Å². The van der Waals surface area contributed by atoms with Crippen molar-refractivity contribution in [3.05, 3.63) is 55.5 Å². The Bertz CT molecular complexity index is 1140. The number of benzene rings is 2. The number of halogens is 4. The summed E-state index contributed by atoms with van der Waals surface area (Å²) in [5.74, 6) is -2.51. The molecule has 2 aliphatic rings. The summed E-state index contributed by atoms with van der Waals surface area (Å²) in [4.78, 5) is 50.7. The van der Waals surface area contributed by atoms with Crippen LogP contribution in [0.5, 0.6) is 0 Å². The van der Waals surface area contributed by atoms with E-state index in [-0.39, 0.29) is 14.9 Å². The van der Waals surface area contributed by atoms with E-state index in [4.69, 9.17) is 51.1 Å². The Balaban J connectivity index is 0.000000401. The van der Waals surface area contributed by atoms with Gasteiger partial charge in [0.1, 0.15) is 0 Å². The second kappa shape index (κ2) is 17.5.